The number of hydrogen-bond donors (Lipinski definition) is 1. The first-order valence-corrected chi connectivity index (χ1v) is 8.72. The van der Waals surface area contributed by atoms with Crippen molar-refractivity contribution in [1.82, 2.24) is 9.62 Å². The Hall–Kier alpha value is -0.850. The second-order valence-corrected chi connectivity index (χ2v) is 7.39. The van der Waals surface area contributed by atoms with Crippen LogP contribution in [-0.2, 0) is 16.6 Å². The van der Waals surface area contributed by atoms with Gasteiger partial charge in [-0.25, -0.2) is 8.42 Å². The van der Waals surface area contributed by atoms with Gasteiger partial charge >= 0.3 is 0 Å². The van der Waals surface area contributed by atoms with E-state index in [4.69, 9.17) is 4.42 Å². The molecule has 1 atom stereocenters. The molecule has 2 heterocycles. The quantitative estimate of drug-likeness (QED) is 0.875. The summed E-state index contributed by atoms with van der Waals surface area (Å²) in [6.45, 7) is 8.10. The average Bonchev–Trinajstić information content (AvgIpc) is 3.05. The van der Waals surface area contributed by atoms with Crippen LogP contribution in [0.2, 0.25) is 0 Å². The second-order valence-electron chi connectivity index (χ2n) is 5.57. The molecular formula is C14H24N2O3S. The smallest absolute Gasteiger partial charge is 0.276 e. The van der Waals surface area contributed by atoms with Crippen LogP contribution in [0.15, 0.2) is 21.6 Å². The summed E-state index contributed by atoms with van der Waals surface area (Å²) in [4.78, 5) is 0. The highest BCUT2D eigenvalue weighted by Crippen LogP contribution is 2.30. The molecule has 114 valence electrons. The minimum absolute atomic E-state index is 0.0675. The normalized spacial score (nSPS) is 20.9. The summed E-state index contributed by atoms with van der Waals surface area (Å²) < 4.78 is 32.4. The Morgan fingerprint density at radius 3 is 2.85 bits per heavy atom. The van der Waals surface area contributed by atoms with Crippen molar-refractivity contribution in [3.8, 4) is 0 Å². The molecule has 1 unspecified atom stereocenters. The molecule has 0 bridgehead atoms. The maximum Gasteiger partial charge on any atom is 0.276 e. The third kappa shape index (κ3) is 3.07. The summed E-state index contributed by atoms with van der Waals surface area (Å²) in [6.07, 6.45) is 1.86. The molecule has 1 aliphatic heterocycles. The van der Waals surface area contributed by atoms with Gasteiger partial charge < -0.3 is 9.73 Å². The van der Waals surface area contributed by atoms with Crippen LogP contribution in [0.1, 0.15) is 39.4 Å². The zero-order chi connectivity index (χ0) is 14.8. The van der Waals surface area contributed by atoms with Gasteiger partial charge in [-0.15, -0.1) is 0 Å². The molecule has 0 aliphatic carbocycles. The van der Waals surface area contributed by atoms with Crippen molar-refractivity contribution in [2.45, 2.75) is 51.3 Å². The number of rotatable bonds is 6. The SMILES string of the molecule is CCNCc1ccc(S(=O)(=O)N2CCCC2C(C)C)o1. The van der Waals surface area contributed by atoms with Crippen LogP contribution in [0.25, 0.3) is 0 Å². The number of sulfonamides is 1. The highest BCUT2D eigenvalue weighted by atomic mass is 32.2. The summed E-state index contributed by atoms with van der Waals surface area (Å²) in [5.74, 6) is 0.981. The third-order valence-corrected chi connectivity index (χ3v) is 5.57. The highest BCUT2D eigenvalue weighted by molar-refractivity contribution is 7.89. The lowest BCUT2D eigenvalue weighted by Gasteiger charge is -2.25. The lowest BCUT2D eigenvalue weighted by Crippen LogP contribution is -2.38. The topological polar surface area (TPSA) is 62.6 Å². The van der Waals surface area contributed by atoms with E-state index in [1.807, 2.05) is 6.92 Å². The third-order valence-electron chi connectivity index (χ3n) is 3.77. The number of hydrogen-bond acceptors (Lipinski definition) is 4. The Balaban J connectivity index is 2.19. The largest absolute Gasteiger partial charge is 0.447 e. The van der Waals surface area contributed by atoms with Crippen molar-refractivity contribution in [2.75, 3.05) is 13.1 Å². The molecule has 2 rings (SSSR count). The van der Waals surface area contributed by atoms with Gasteiger partial charge in [0, 0.05) is 12.6 Å². The molecule has 1 aromatic rings. The summed E-state index contributed by atoms with van der Waals surface area (Å²) in [5.41, 5.74) is 0. The van der Waals surface area contributed by atoms with Gasteiger partial charge in [0.05, 0.1) is 6.54 Å². The number of nitrogens with zero attached hydrogens (tertiary/aromatic N) is 1. The van der Waals surface area contributed by atoms with Crippen LogP contribution in [0.5, 0.6) is 0 Å². The first-order valence-electron chi connectivity index (χ1n) is 7.28. The second kappa shape index (κ2) is 6.28. The molecular weight excluding hydrogens is 276 g/mol. The van der Waals surface area contributed by atoms with E-state index in [9.17, 15) is 8.42 Å². The minimum atomic E-state index is -3.50. The molecule has 6 heteroatoms. The monoisotopic (exact) mass is 300 g/mol. The van der Waals surface area contributed by atoms with Crippen molar-refractivity contribution >= 4 is 10.0 Å². The van der Waals surface area contributed by atoms with E-state index in [0.29, 0.717) is 24.8 Å². The first kappa shape index (κ1) is 15.5. The van der Waals surface area contributed by atoms with Crippen LogP contribution < -0.4 is 5.32 Å². The molecule has 1 saturated heterocycles. The predicted octanol–water partition coefficient (Wildman–Crippen LogP) is 2.20. The maximum atomic E-state index is 12.6. The summed E-state index contributed by atoms with van der Waals surface area (Å²) in [5, 5.41) is 3.19. The summed E-state index contributed by atoms with van der Waals surface area (Å²) >= 11 is 0. The zero-order valence-corrected chi connectivity index (χ0v) is 13.2. The van der Waals surface area contributed by atoms with Crippen molar-refractivity contribution in [2.24, 2.45) is 5.92 Å². The van der Waals surface area contributed by atoms with Crippen LogP contribution in [0.4, 0.5) is 0 Å². The van der Waals surface area contributed by atoms with Crippen molar-refractivity contribution in [3.63, 3.8) is 0 Å². The van der Waals surface area contributed by atoms with Gasteiger partial charge in [-0.3, -0.25) is 0 Å². The van der Waals surface area contributed by atoms with Crippen molar-refractivity contribution in [3.05, 3.63) is 17.9 Å². The van der Waals surface area contributed by atoms with Crippen LogP contribution in [0.3, 0.4) is 0 Å². The first-order chi connectivity index (χ1) is 9.46. The fraction of sp³-hybridized carbons (Fsp3) is 0.714. The van der Waals surface area contributed by atoms with E-state index in [1.165, 1.54) is 0 Å². The van der Waals surface area contributed by atoms with Gasteiger partial charge in [-0.2, -0.15) is 4.31 Å². The molecule has 0 radical (unpaired) electrons. The molecule has 1 aromatic heterocycles. The molecule has 1 N–H and O–H groups in total. The molecule has 1 aliphatic rings. The Morgan fingerprint density at radius 1 is 1.45 bits per heavy atom. The van der Waals surface area contributed by atoms with Gasteiger partial charge in [0.15, 0.2) is 0 Å². The molecule has 5 nitrogen and oxygen atoms in total. The lowest BCUT2D eigenvalue weighted by atomic mass is 10.0. The van der Waals surface area contributed by atoms with E-state index in [0.717, 1.165) is 19.4 Å². The Labute approximate surface area is 121 Å². The van der Waals surface area contributed by atoms with Gasteiger partial charge in [-0.1, -0.05) is 20.8 Å². The minimum Gasteiger partial charge on any atom is -0.447 e. The zero-order valence-electron chi connectivity index (χ0n) is 12.4. The van der Waals surface area contributed by atoms with Gasteiger partial charge in [-0.05, 0) is 37.4 Å². The average molecular weight is 300 g/mol. The van der Waals surface area contributed by atoms with E-state index in [2.05, 4.69) is 19.2 Å². The fourth-order valence-electron chi connectivity index (χ4n) is 2.69. The Bertz CT molecular complexity index is 536. The molecule has 0 amide bonds. The van der Waals surface area contributed by atoms with E-state index >= 15 is 0 Å². The fourth-order valence-corrected chi connectivity index (χ4v) is 4.44. The summed E-state index contributed by atoms with van der Waals surface area (Å²) in [6, 6.07) is 3.38. The molecule has 0 aromatic carbocycles. The molecule has 0 spiro atoms. The Kier molecular flexibility index (Phi) is 4.88. The van der Waals surface area contributed by atoms with Gasteiger partial charge in [0.2, 0.25) is 5.09 Å². The van der Waals surface area contributed by atoms with E-state index in [-0.39, 0.29) is 11.1 Å². The number of furan rings is 1. The van der Waals surface area contributed by atoms with Gasteiger partial charge in [0.1, 0.15) is 5.76 Å². The van der Waals surface area contributed by atoms with E-state index in [1.54, 1.807) is 16.4 Å². The van der Waals surface area contributed by atoms with Gasteiger partial charge in [0.25, 0.3) is 10.0 Å². The lowest BCUT2D eigenvalue weighted by molar-refractivity contribution is 0.303. The van der Waals surface area contributed by atoms with Crippen molar-refractivity contribution < 1.29 is 12.8 Å². The molecule has 1 fully saturated rings. The Morgan fingerprint density at radius 2 is 2.20 bits per heavy atom. The molecule has 0 saturated carbocycles. The highest BCUT2D eigenvalue weighted by Gasteiger charge is 2.38. The summed E-state index contributed by atoms with van der Waals surface area (Å²) in [7, 11) is -3.50. The number of nitrogens with one attached hydrogen (secondary N) is 1. The van der Waals surface area contributed by atoms with Crippen molar-refractivity contribution in [1.29, 1.82) is 0 Å². The van der Waals surface area contributed by atoms with E-state index < -0.39 is 10.0 Å². The predicted molar refractivity (Wildman–Crippen MR) is 77.8 cm³/mol. The van der Waals surface area contributed by atoms with Crippen LogP contribution in [0, 0.1) is 5.92 Å². The molecule has 20 heavy (non-hydrogen) atoms. The van der Waals surface area contributed by atoms with Crippen LogP contribution >= 0.6 is 0 Å². The standard InChI is InChI=1S/C14H24N2O3S/c1-4-15-10-12-7-8-14(19-12)20(17,18)16-9-5-6-13(16)11(2)3/h7-8,11,13,15H,4-6,9-10H2,1-3H3. The van der Waals surface area contributed by atoms with Crippen LogP contribution in [-0.4, -0.2) is 31.9 Å². The maximum absolute atomic E-state index is 12.6.